The lowest BCUT2D eigenvalue weighted by molar-refractivity contribution is 0.0747. The number of halogens is 1. The summed E-state index contributed by atoms with van der Waals surface area (Å²) in [5, 5.41) is 0.699. The summed E-state index contributed by atoms with van der Waals surface area (Å²) in [7, 11) is -3.32. The molecule has 1 amide bonds. The summed E-state index contributed by atoms with van der Waals surface area (Å²) < 4.78 is 25.7. The van der Waals surface area contributed by atoms with Crippen LogP contribution in [0.3, 0.4) is 0 Å². The van der Waals surface area contributed by atoms with Gasteiger partial charge in [0.15, 0.2) is 0 Å². The number of amides is 1. The van der Waals surface area contributed by atoms with E-state index in [2.05, 4.69) is 9.62 Å². The Bertz CT molecular complexity index is 908. The van der Waals surface area contributed by atoms with E-state index in [-0.39, 0.29) is 11.7 Å². The minimum atomic E-state index is -3.32. The zero-order valence-corrected chi connectivity index (χ0v) is 16.6. The molecule has 0 radical (unpaired) electrons. The molecule has 0 unspecified atom stereocenters. The van der Waals surface area contributed by atoms with Gasteiger partial charge in [-0.1, -0.05) is 17.7 Å². The Morgan fingerprint density at radius 1 is 1.07 bits per heavy atom. The minimum absolute atomic E-state index is 0.00455. The first kappa shape index (κ1) is 19.5. The van der Waals surface area contributed by atoms with Gasteiger partial charge in [0, 0.05) is 48.1 Å². The van der Waals surface area contributed by atoms with E-state index in [9.17, 15) is 13.2 Å². The second kappa shape index (κ2) is 8.19. The highest BCUT2D eigenvalue weighted by Gasteiger charge is 2.22. The highest BCUT2D eigenvalue weighted by atomic mass is 35.5. The molecule has 1 N–H and O–H groups in total. The largest absolute Gasteiger partial charge is 0.368 e. The van der Waals surface area contributed by atoms with Gasteiger partial charge in [-0.05, 0) is 49.4 Å². The van der Waals surface area contributed by atoms with Crippen molar-refractivity contribution >= 4 is 38.9 Å². The summed E-state index contributed by atoms with van der Waals surface area (Å²) in [6, 6.07) is 14.2. The summed E-state index contributed by atoms with van der Waals surface area (Å²) in [5.74, 6) is -0.0458. The monoisotopic (exact) mass is 407 g/mol. The highest BCUT2D eigenvalue weighted by molar-refractivity contribution is 7.92. The Hall–Kier alpha value is -2.25. The Morgan fingerprint density at radius 2 is 1.74 bits per heavy atom. The van der Waals surface area contributed by atoms with E-state index >= 15 is 0 Å². The zero-order valence-electron chi connectivity index (χ0n) is 15.1. The minimum Gasteiger partial charge on any atom is -0.368 e. The fraction of sp³-hybridized carbons (Fsp3) is 0.316. The van der Waals surface area contributed by atoms with Crippen LogP contribution in [0, 0.1) is 0 Å². The van der Waals surface area contributed by atoms with Crippen LogP contribution in [0.2, 0.25) is 5.02 Å². The van der Waals surface area contributed by atoms with Crippen LogP contribution in [0.5, 0.6) is 0 Å². The van der Waals surface area contributed by atoms with Crippen molar-refractivity contribution in [1.29, 1.82) is 0 Å². The van der Waals surface area contributed by atoms with Crippen molar-refractivity contribution in [3.05, 3.63) is 59.1 Å². The van der Waals surface area contributed by atoms with Gasteiger partial charge in [-0.15, -0.1) is 0 Å². The highest BCUT2D eigenvalue weighted by Crippen LogP contribution is 2.21. The molecule has 0 atom stereocenters. The predicted molar refractivity (Wildman–Crippen MR) is 109 cm³/mol. The molecule has 2 aromatic carbocycles. The van der Waals surface area contributed by atoms with Gasteiger partial charge in [0.1, 0.15) is 0 Å². The summed E-state index contributed by atoms with van der Waals surface area (Å²) in [4.78, 5) is 16.7. The van der Waals surface area contributed by atoms with Crippen LogP contribution in [0.1, 0.15) is 17.3 Å². The standard InChI is InChI=1S/C19H22ClN3O3S/c1-2-27(25,26)21-17-8-6-15(7-9-17)19(24)23-12-10-22(11-13-23)18-5-3-4-16(20)14-18/h3-9,14,21H,2,10-13H2,1H3. The smallest absolute Gasteiger partial charge is 0.253 e. The van der Waals surface area contributed by atoms with Crippen LogP contribution in [-0.4, -0.2) is 51.2 Å². The number of benzene rings is 2. The molecule has 6 nitrogen and oxygen atoms in total. The van der Waals surface area contributed by atoms with Crippen LogP contribution in [0.4, 0.5) is 11.4 Å². The molecule has 0 aromatic heterocycles. The fourth-order valence-electron chi connectivity index (χ4n) is 2.96. The van der Waals surface area contributed by atoms with Gasteiger partial charge in [-0.2, -0.15) is 0 Å². The second-order valence-corrected chi connectivity index (χ2v) is 8.79. The molecular formula is C19H22ClN3O3S. The van der Waals surface area contributed by atoms with E-state index in [1.54, 1.807) is 31.2 Å². The number of nitrogens with one attached hydrogen (secondary N) is 1. The third-order valence-corrected chi connectivity index (χ3v) is 6.07. The first-order valence-corrected chi connectivity index (χ1v) is 10.8. The maximum absolute atomic E-state index is 12.7. The molecule has 1 aliphatic rings. The van der Waals surface area contributed by atoms with Crippen molar-refractivity contribution in [2.75, 3.05) is 41.6 Å². The van der Waals surface area contributed by atoms with Gasteiger partial charge in [0.05, 0.1) is 5.75 Å². The van der Waals surface area contributed by atoms with E-state index in [1.807, 2.05) is 29.2 Å². The second-order valence-electron chi connectivity index (χ2n) is 6.34. The van der Waals surface area contributed by atoms with E-state index < -0.39 is 10.0 Å². The van der Waals surface area contributed by atoms with Crippen LogP contribution in [0.25, 0.3) is 0 Å². The Kier molecular flexibility index (Phi) is 5.92. The first-order valence-electron chi connectivity index (χ1n) is 8.78. The van der Waals surface area contributed by atoms with Crippen LogP contribution in [0.15, 0.2) is 48.5 Å². The topological polar surface area (TPSA) is 69.7 Å². The van der Waals surface area contributed by atoms with Crippen LogP contribution < -0.4 is 9.62 Å². The Balaban J connectivity index is 1.60. The number of nitrogens with zero attached hydrogens (tertiary/aromatic N) is 2. The zero-order chi connectivity index (χ0) is 19.4. The molecule has 3 rings (SSSR count). The van der Waals surface area contributed by atoms with Gasteiger partial charge in [-0.3, -0.25) is 9.52 Å². The van der Waals surface area contributed by atoms with Crippen LogP contribution in [-0.2, 0) is 10.0 Å². The van der Waals surface area contributed by atoms with E-state index in [0.29, 0.717) is 29.4 Å². The molecule has 27 heavy (non-hydrogen) atoms. The lowest BCUT2D eigenvalue weighted by Gasteiger charge is -2.36. The van der Waals surface area contributed by atoms with Crippen LogP contribution >= 0.6 is 11.6 Å². The number of hydrogen-bond donors (Lipinski definition) is 1. The average Bonchev–Trinajstić information content (AvgIpc) is 2.68. The molecular weight excluding hydrogens is 386 g/mol. The maximum Gasteiger partial charge on any atom is 0.253 e. The summed E-state index contributed by atoms with van der Waals surface area (Å²) >= 11 is 6.05. The molecule has 0 saturated carbocycles. The van der Waals surface area contributed by atoms with Gasteiger partial charge in [0.2, 0.25) is 10.0 Å². The number of rotatable bonds is 5. The van der Waals surface area contributed by atoms with E-state index in [0.717, 1.165) is 18.8 Å². The number of anilines is 2. The number of carbonyl (C=O) groups is 1. The number of hydrogen-bond acceptors (Lipinski definition) is 4. The molecule has 0 bridgehead atoms. The third kappa shape index (κ3) is 4.93. The predicted octanol–water partition coefficient (Wildman–Crippen LogP) is 3.06. The number of sulfonamides is 1. The maximum atomic E-state index is 12.7. The van der Waals surface area contributed by atoms with Crippen molar-refractivity contribution in [2.45, 2.75) is 6.92 Å². The number of carbonyl (C=O) groups excluding carboxylic acids is 1. The molecule has 1 heterocycles. The van der Waals surface area contributed by atoms with Crippen molar-refractivity contribution in [2.24, 2.45) is 0 Å². The van der Waals surface area contributed by atoms with Gasteiger partial charge < -0.3 is 9.80 Å². The summed E-state index contributed by atoms with van der Waals surface area (Å²) in [6.07, 6.45) is 0. The molecule has 144 valence electrons. The number of piperazine rings is 1. The van der Waals surface area contributed by atoms with Gasteiger partial charge >= 0.3 is 0 Å². The van der Waals surface area contributed by atoms with Crippen molar-refractivity contribution in [3.8, 4) is 0 Å². The Labute approximate surface area is 164 Å². The first-order chi connectivity index (χ1) is 12.9. The quantitative estimate of drug-likeness (QED) is 0.826. The molecule has 2 aromatic rings. The normalized spacial score (nSPS) is 14.9. The Morgan fingerprint density at radius 3 is 2.33 bits per heavy atom. The van der Waals surface area contributed by atoms with E-state index in [4.69, 9.17) is 11.6 Å². The lowest BCUT2D eigenvalue weighted by atomic mass is 10.1. The molecule has 8 heteroatoms. The molecule has 1 saturated heterocycles. The van der Waals surface area contributed by atoms with Gasteiger partial charge in [0.25, 0.3) is 5.91 Å². The van der Waals surface area contributed by atoms with Gasteiger partial charge in [-0.25, -0.2) is 8.42 Å². The van der Waals surface area contributed by atoms with Crippen molar-refractivity contribution in [1.82, 2.24) is 4.90 Å². The molecule has 1 fully saturated rings. The fourth-order valence-corrected chi connectivity index (χ4v) is 3.78. The average molecular weight is 408 g/mol. The molecule has 0 spiro atoms. The third-order valence-electron chi connectivity index (χ3n) is 4.53. The van der Waals surface area contributed by atoms with Crippen molar-refractivity contribution in [3.63, 3.8) is 0 Å². The van der Waals surface area contributed by atoms with Crippen molar-refractivity contribution < 1.29 is 13.2 Å². The molecule has 0 aliphatic carbocycles. The molecule has 1 aliphatic heterocycles. The van der Waals surface area contributed by atoms with E-state index in [1.165, 1.54) is 0 Å². The SMILES string of the molecule is CCS(=O)(=O)Nc1ccc(C(=O)N2CCN(c3cccc(Cl)c3)CC2)cc1. The summed E-state index contributed by atoms with van der Waals surface area (Å²) in [6.45, 7) is 4.29. The summed E-state index contributed by atoms with van der Waals surface area (Å²) in [5.41, 5.74) is 2.06. The lowest BCUT2D eigenvalue weighted by Crippen LogP contribution is -2.48.